The SMILES string of the molecule is CCCN(CC(=O)Nc1ccccc1C)CC(=O)N[C@@H](C)C1CC1. The summed E-state index contributed by atoms with van der Waals surface area (Å²) in [5.41, 5.74) is 1.86. The lowest BCUT2D eigenvalue weighted by Gasteiger charge is -2.22. The fraction of sp³-hybridized carbons (Fsp3) is 0.579. The van der Waals surface area contributed by atoms with Gasteiger partial charge >= 0.3 is 0 Å². The average Bonchev–Trinajstić information content (AvgIpc) is 3.34. The lowest BCUT2D eigenvalue weighted by Crippen LogP contribution is -2.44. The minimum Gasteiger partial charge on any atom is -0.352 e. The van der Waals surface area contributed by atoms with E-state index in [0.717, 1.165) is 24.2 Å². The predicted octanol–water partition coefficient (Wildman–Crippen LogP) is 2.56. The van der Waals surface area contributed by atoms with Crippen LogP contribution in [0, 0.1) is 12.8 Å². The van der Waals surface area contributed by atoms with E-state index in [9.17, 15) is 9.59 Å². The highest BCUT2D eigenvalue weighted by Crippen LogP contribution is 2.32. The van der Waals surface area contributed by atoms with Crippen molar-refractivity contribution in [2.75, 3.05) is 25.0 Å². The Hall–Kier alpha value is -1.88. The van der Waals surface area contributed by atoms with Crippen LogP contribution >= 0.6 is 0 Å². The van der Waals surface area contributed by atoms with Crippen molar-refractivity contribution in [2.24, 2.45) is 5.92 Å². The fourth-order valence-corrected chi connectivity index (χ4v) is 2.85. The van der Waals surface area contributed by atoms with Gasteiger partial charge in [0.15, 0.2) is 0 Å². The first-order valence-electron chi connectivity index (χ1n) is 8.86. The molecule has 0 saturated heterocycles. The number of benzene rings is 1. The molecule has 1 saturated carbocycles. The van der Waals surface area contributed by atoms with Gasteiger partial charge in [-0.1, -0.05) is 25.1 Å². The lowest BCUT2D eigenvalue weighted by atomic mass is 10.2. The normalized spacial score (nSPS) is 15.2. The van der Waals surface area contributed by atoms with Crippen LogP contribution in [0.25, 0.3) is 0 Å². The van der Waals surface area contributed by atoms with Gasteiger partial charge in [0.2, 0.25) is 11.8 Å². The largest absolute Gasteiger partial charge is 0.352 e. The topological polar surface area (TPSA) is 61.4 Å². The molecule has 24 heavy (non-hydrogen) atoms. The number of hydrogen-bond donors (Lipinski definition) is 2. The quantitative estimate of drug-likeness (QED) is 0.731. The molecule has 0 bridgehead atoms. The number of aryl methyl sites for hydroxylation is 1. The molecule has 2 N–H and O–H groups in total. The summed E-state index contributed by atoms with van der Waals surface area (Å²) in [5.74, 6) is 0.560. The third-order valence-corrected chi connectivity index (χ3v) is 4.41. The maximum absolute atomic E-state index is 12.3. The molecule has 0 aromatic heterocycles. The summed E-state index contributed by atoms with van der Waals surface area (Å²) in [6.45, 7) is 7.31. The molecule has 5 heteroatoms. The fourth-order valence-electron chi connectivity index (χ4n) is 2.85. The van der Waals surface area contributed by atoms with Gasteiger partial charge in [0.25, 0.3) is 0 Å². The van der Waals surface area contributed by atoms with Gasteiger partial charge in [-0.05, 0) is 57.2 Å². The van der Waals surface area contributed by atoms with Crippen molar-refractivity contribution in [3.63, 3.8) is 0 Å². The number of carbonyl (C=O) groups is 2. The average molecular weight is 331 g/mol. The van der Waals surface area contributed by atoms with Crippen molar-refractivity contribution in [1.82, 2.24) is 10.2 Å². The van der Waals surface area contributed by atoms with Gasteiger partial charge in [-0.15, -0.1) is 0 Å². The van der Waals surface area contributed by atoms with Crippen LogP contribution in [0.15, 0.2) is 24.3 Å². The van der Waals surface area contributed by atoms with Gasteiger partial charge < -0.3 is 10.6 Å². The Bertz CT molecular complexity index is 569. The third kappa shape index (κ3) is 5.96. The number of para-hydroxylation sites is 1. The van der Waals surface area contributed by atoms with Crippen LogP contribution in [-0.2, 0) is 9.59 Å². The summed E-state index contributed by atoms with van der Waals surface area (Å²) < 4.78 is 0. The molecule has 2 rings (SSSR count). The van der Waals surface area contributed by atoms with E-state index in [4.69, 9.17) is 0 Å². The maximum Gasteiger partial charge on any atom is 0.238 e. The zero-order valence-electron chi connectivity index (χ0n) is 15.0. The molecule has 1 fully saturated rings. The highest BCUT2D eigenvalue weighted by molar-refractivity contribution is 5.93. The molecule has 2 amide bonds. The molecule has 0 aliphatic heterocycles. The molecule has 1 aliphatic rings. The molecule has 132 valence electrons. The van der Waals surface area contributed by atoms with Crippen LogP contribution in [0.4, 0.5) is 5.69 Å². The summed E-state index contributed by atoms with van der Waals surface area (Å²) in [6, 6.07) is 7.94. The second kappa shape index (κ2) is 8.83. The minimum atomic E-state index is -0.0826. The predicted molar refractivity (Wildman–Crippen MR) is 96.9 cm³/mol. The molecule has 0 radical (unpaired) electrons. The van der Waals surface area contributed by atoms with Crippen LogP contribution in [0.5, 0.6) is 0 Å². The zero-order valence-corrected chi connectivity index (χ0v) is 15.0. The number of anilines is 1. The van der Waals surface area contributed by atoms with E-state index >= 15 is 0 Å². The minimum absolute atomic E-state index is 0.00606. The van der Waals surface area contributed by atoms with Crippen molar-refractivity contribution in [1.29, 1.82) is 0 Å². The Morgan fingerprint density at radius 2 is 1.88 bits per heavy atom. The molecule has 0 heterocycles. The number of rotatable bonds is 9. The smallest absolute Gasteiger partial charge is 0.238 e. The first kappa shape index (κ1) is 18.5. The van der Waals surface area contributed by atoms with E-state index in [-0.39, 0.29) is 30.9 Å². The molecule has 0 unspecified atom stereocenters. The van der Waals surface area contributed by atoms with Crippen LogP contribution in [0.3, 0.4) is 0 Å². The Morgan fingerprint density at radius 1 is 1.21 bits per heavy atom. The zero-order chi connectivity index (χ0) is 17.5. The van der Waals surface area contributed by atoms with Crippen molar-refractivity contribution < 1.29 is 9.59 Å². The Morgan fingerprint density at radius 3 is 2.50 bits per heavy atom. The molecule has 5 nitrogen and oxygen atoms in total. The molecule has 1 aromatic carbocycles. The first-order valence-corrected chi connectivity index (χ1v) is 8.86. The second-order valence-corrected chi connectivity index (χ2v) is 6.77. The molecule has 1 aliphatic carbocycles. The summed E-state index contributed by atoms with van der Waals surface area (Å²) in [6.07, 6.45) is 3.32. The van der Waals surface area contributed by atoms with E-state index in [2.05, 4.69) is 24.5 Å². The highest BCUT2D eigenvalue weighted by atomic mass is 16.2. The van der Waals surface area contributed by atoms with Gasteiger partial charge in [-0.2, -0.15) is 0 Å². The molecular weight excluding hydrogens is 302 g/mol. The van der Waals surface area contributed by atoms with Crippen LogP contribution in [0.2, 0.25) is 0 Å². The van der Waals surface area contributed by atoms with Crippen molar-refractivity contribution >= 4 is 17.5 Å². The van der Waals surface area contributed by atoms with Gasteiger partial charge in [0.1, 0.15) is 0 Å². The molecule has 1 aromatic rings. The lowest BCUT2D eigenvalue weighted by molar-refractivity contribution is -0.124. The molecule has 0 spiro atoms. The number of nitrogens with zero attached hydrogens (tertiary/aromatic N) is 1. The first-order chi connectivity index (χ1) is 11.5. The maximum atomic E-state index is 12.3. The van der Waals surface area contributed by atoms with Gasteiger partial charge in [0, 0.05) is 11.7 Å². The molecule has 1 atom stereocenters. The van der Waals surface area contributed by atoms with E-state index in [1.807, 2.05) is 36.1 Å². The van der Waals surface area contributed by atoms with Crippen molar-refractivity contribution in [3.05, 3.63) is 29.8 Å². The second-order valence-electron chi connectivity index (χ2n) is 6.77. The van der Waals surface area contributed by atoms with Crippen LogP contribution in [0.1, 0.15) is 38.7 Å². The van der Waals surface area contributed by atoms with Crippen LogP contribution in [-0.4, -0.2) is 42.4 Å². The van der Waals surface area contributed by atoms with E-state index in [1.54, 1.807) is 0 Å². The van der Waals surface area contributed by atoms with Crippen molar-refractivity contribution in [3.8, 4) is 0 Å². The monoisotopic (exact) mass is 331 g/mol. The van der Waals surface area contributed by atoms with E-state index in [0.29, 0.717) is 5.92 Å². The number of amides is 2. The van der Waals surface area contributed by atoms with Crippen molar-refractivity contribution in [2.45, 2.75) is 46.1 Å². The summed E-state index contributed by atoms with van der Waals surface area (Å²) in [7, 11) is 0. The highest BCUT2D eigenvalue weighted by Gasteiger charge is 2.29. The number of hydrogen-bond acceptors (Lipinski definition) is 3. The summed E-state index contributed by atoms with van der Waals surface area (Å²) >= 11 is 0. The van der Waals surface area contributed by atoms with E-state index in [1.165, 1.54) is 12.8 Å². The summed E-state index contributed by atoms with van der Waals surface area (Å²) in [5, 5.41) is 5.98. The Labute approximate surface area is 144 Å². The van der Waals surface area contributed by atoms with E-state index < -0.39 is 0 Å². The van der Waals surface area contributed by atoms with Gasteiger partial charge in [-0.3, -0.25) is 14.5 Å². The van der Waals surface area contributed by atoms with Gasteiger partial charge in [0.05, 0.1) is 13.1 Å². The Kier molecular flexibility index (Phi) is 6.79. The number of carbonyl (C=O) groups excluding carboxylic acids is 2. The van der Waals surface area contributed by atoms with Gasteiger partial charge in [-0.25, -0.2) is 0 Å². The number of nitrogens with one attached hydrogen (secondary N) is 2. The standard InChI is InChI=1S/C19H29N3O2/c1-4-11-22(12-18(23)20-15(3)16-9-10-16)13-19(24)21-17-8-6-5-7-14(17)2/h5-8,15-16H,4,9-13H2,1-3H3,(H,20,23)(H,21,24)/t15-/m0/s1. The molecular formula is C19H29N3O2. The van der Waals surface area contributed by atoms with Crippen LogP contribution < -0.4 is 10.6 Å². The third-order valence-electron chi connectivity index (χ3n) is 4.41. The summed E-state index contributed by atoms with van der Waals surface area (Å²) in [4.78, 5) is 26.4. The Balaban J connectivity index is 1.83.